The number of fused-ring (bicyclic) bond motifs is 1. The first-order valence-electron chi connectivity index (χ1n) is 6.70. The summed E-state index contributed by atoms with van der Waals surface area (Å²) in [6.07, 6.45) is 0. The van der Waals surface area contributed by atoms with Gasteiger partial charge >= 0.3 is 0 Å². The molecule has 5 heteroatoms. The predicted molar refractivity (Wildman–Crippen MR) is 82.4 cm³/mol. The lowest BCUT2D eigenvalue weighted by atomic mass is 10.1. The van der Waals surface area contributed by atoms with Gasteiger partial charge in [-0.1, -0.05) is 11.6 Å². The topological polar surface area (TPSA) is 53.7 Å². The lowest BCUT2D eigenvalue weighted by molar-refractivity contribution is 0.171. The highest BCUT2D eigenvalue weighted by atomic mass is 35.5. The Morgan fingerprint density at radius 1 is 1.14 bits per heavy atom. The zero-order chi connectivity index (χ0) is 14.8. The molecule has 0 atom stereocenters. The van der Waals surface area contributed by atoms with Crippen LogP contribution in [-0.4, -0.2) is 13.2 Å². The molecule has 0 bridgehead atoms. The first kappa shape index (κ1) is 13.9. The maximum atomic E-state index is 6.03. The quantitative estimate of drug-likeness (QED) is 0.881. The van der Waals surface area contributed by atoms with Crippen LogP contribution in [0.4, 0.5) is 5.69 Å². The summed E-state index contributed by atoms with van der Waals surface area (Å²) in [5.74, 6) is 2.18. The van der Waals surface area contributed by atoms with Crippen molar-refractivity contribution in [1.82, 2.24) is 0 Å². The van der Waals surface area contributed by atoms with Crippen LogP contribution >= 0.6 is 11.6 Å². The van der Waals surface area contributed by atoms with E-state index < -0.39 is 0 Å². The number of ether oxygens (including phenoxy) is 3. The first-order chi connectivity index (χ1) is 10.1. The van der Waals surface area contributed by atoms with E-state index in [2.05, 4.69) is 0 Å². The molecule has 1 aliphatic heterocycles. The van der Waals surface area contributed by atoms with Crippen molar-refractivity contribution in [2.24, 2.45) is 0 Å². The summed E-state index contributed by atoms with van der Waals surface area (Å²) in [5.41, 5.74) is 8.52. The molecule has 4 nitrogen and oxygen atoms in total. The summed E-state index contributed by atoms with van der Waals surface area (Å²) >= 11 is 5.93. The molecule has 2 N–H and O–H groups in total. The van der Waals surface area contributed by atoms with Gasteiger partial charge in [0, 0.05) is 22.3 Å². The van der Waals surface area contributed by atoms with E-state index in [1.807, 2.05) is 25.1 Å². The molecule has 1 aliphatic rings. The van der Waals surface area contributed by atoms with Crippen LogP contribution in [-0.2, 0) is 6.61 Å². The molecule has 0 amide bonds. The van der Waals surface area contributed by atoms with Gasteiger partial charge in [0.05, 0.1) is 0 Å². The normalized spacial score (nSPS) is 13.0. The average molecular weight is 306 g/mol. The number of halogens is 1. The molecular formula is C16H16ClNO3. The molecule has 0 spiro atoms. The Morgan fingerprint density at radius 2 is 1.86 bits per heavy atom. The lowest BCUT2D eigenvalue weighted by Crippen LogP contribution is -2.16. The minimum atomic E-state index is 0.366. The van der Waals surface area contributed by atoms with E-state index >= 15 is 0 Å². The number of hydrogen-bond acceptors (Lipinski definition) is 4. The van der Waals surface area contributed by atoms with Gasteiger partial charge in [-0.2, -0.15) is 0 Å². The van der Waals surface area contributed by atoms with E-state index in [0.29, 0.717) is 42.0 Å². The van der Waals surface area contributed by atoms with Crippen molar-refractivity contribution in [2.45, 2.75) is 13.5 Å². The number of rotatable bonds is 3. The van der Waals surface area contributed by atoms with Crippen LogP contribution in [0.1, 0.15) is 11.1 Å². The van der Waals surface area contributed by atoms with Gasteiger partial charge in [-0.3, -0.25) is 0 Å². The van der Waals surface area contributed by atoms with E-state index in [0.717, 1.165) is 16.9 Å². The minimum absolute atomic E-state index is 0.366. The van der Waals surface area contributed by atoms with Crippen molar-refractivity contribution in [2.75, 3.05) is 18.9 Å². The van der Waals surface area contributed by atoms with Crippen molar-refractivity contribution < 1.29 is 14.2 Å². The van der Waals surface area contributed by atoms with Gasteiger partial charge in [0.25, 0.3) is 0 Å². The number of benzene rings is 2. The molecule has 0 aromatic heterocycles. The van der Waals surface area contributed by atoms with Crippen molar-refractivity contribution >= 4 is 17.3 Å². The second kappa shape index (κ2) is 5.74. The molecule has 2 aromatic rings. The van der Waals surface area contributed by atoms with E-state index in [-0.39, 0.29) is 0 Å². The molecular weight excluding hydrogens is 290 g/mol. The van der Waals surface area contributed by atoms with Crippen LogP contribution in [0.25, 0.3) is 0 Å². The third-order valence-corrected chi connectivity index (χ3v) is 3.56. The molecule has 0 fully saturated rings. The standard InChI is InChI=1S/C16H16ClNO3/c1-10-6-12(17)2-3-14(10)21-9-11-7-15-16(8-13(11)18)20-5-4-19-15/h2-3,6-8H,4-5,9,18H2,1H3. The fourth-order valence-electron chi connectivity index (χ4n) is 2.20. The molecule has 0 saturated heterocycles. The van der Waals surface area contributed by atoms with Gasteiger partial charge in [-0.25, -0.2) is 0 Å². The van der Waals surface area contributed by atoms with Crippen LogP contribution in [0.2, 0.25) is 5.02 Å². The van der Waals surface area contributed by atoms with Crippen LogP contribution in [0, 0.1) is 6.92 Å². The highest BCUT2D eigenvalue weighted by Crippen LogP contribution is 2.35. The van der Waals surface area contributed by atoms with Gasteiger partial charge in [0.1, 0.15) is 25.6 Å². The summed E-state index contributed by atoms with van der Waals surface area (Å²) in [4.78, 5) is 0. The van der Waals surface area contributed by atoms with Crippen LogP contribution in [0.5, 0.6) is 17.2 Å². The third-order valence-electron chi connectivity index (χ3n) is 3.32. The van der Waals surface area contributed by atoms with Gasteiger partial charge < -0.3 is 19.9 Å². The van der Waals surface area contributed by atoms with Gasteiger partial charge in [-0.15, -0.1) is 0 Å². The smallest absolute Gasteiger partial charge is 0.163 e. The fraction of sp³-hybridized carbons (Fsp3) is 0.250. The van der Waals surface area contributed by atoms with E-state index in [4.69, 9.17) is 31.5 Å². The molecule has 1 heterocycles. The lowest BCUT2D eigenvalue weighted by Gasteiger charge is -2.20. The molecule has 0 saturated carbocycles. The zero-order valence-corrected chi connectivity index (χ0v) is 12.4. The zero-order valence-electron chi connectivity index (χ0n) is 11.7. The van der Waals surface area contributed by atoms with Crippen molar-refractivity contribution in [1.29, 1.82) is 0 Å². The van der Waals surface area contributed by atoms with Crippen molar-refractivity contribution in [3.05, 3.63) is 46.5 Å². The van der Waals surface area contributed by atoms with Crippen LogP contribution in [0.3, 0.4) is 0 Å². The summed E-state index contributed by atoms with van der Waals surface area (Å²) in [6, 6.07) is 9.17. The van der Waals surface area contributed by atoms with Crippen molar-refractivity contribution in [3.8, 4) is 17.2 Å². The summed E-state index contributed by atoms with van der Waals surface area (Å²) < 4.78 is 16.9. The molecule has 0 unspecified atom stereocenters. The Hall–Kier alpha value is -2.07. The highest BCUT2D eigenvalue weighted by Gasteiger charge is 2.15. The Kier molecular flexibility index (Phi) is 3.80. The monoisotopic (exact) mass is 305 g/mol. The number of hydrogen-bond donors (Lipinski definition) is 1. The number of aryl methyl sites for hydroxylation is 1. The molecule has 0 radical (unpaired) electrons. The second-order valence-electron chi connectivity index (χ2n) is 4.89. The maximum absolute atomic E-state index is 6.03. The number of anilines is 1. The van der Waals surface area contributed by atoms with Gasteiger partial charge in [0.15, 0.2) is 11.5 Å². The van der Waals surface area contributed by atoms with Crippen molar-refractivity contribution in [3.63, 3.8) is 0 Å². The molecule has 3 rings (SSSR count). The van der Waals surface area contributed by atoms with E-state index in [1.54, 1.807) is 12.1 Å². The summed E-state index contributed by atoms with van der Waals surface area (Å²) in [5, 5.41) is 0.693. The minimum Gasteiger partial charge on any atom is -0.489 e. The van der Waals surface area contributed by atoms with E-state index in [1.165, 1.54) is 0 Å². The predicted octanol–water partition coefficient (Wildman–Crippen LogP) is 3.58. The van der Waals surface area contributed by atoms with Gasteiger partial charge in [0.2, 0.25) is 0 Å². The van der Waals surface area contributed by atoms with E-state index in [9.17, 15) is 0 Å². The Bertz CT molecular complexity index is 673. The largest absolute Gasteiger partial charge is 0.489 e. The molecule has 2 aromatic carbocycles. The number of nitrogen functional groups attached to an aromatic ring is 1. The summed E-state index contributed by atoms with van der Waals surface area (Å²) in [7, 11) is 0. The summed E-state index contributed by atoms with van der Waals surface area (Å²) in [6.45, 7) is 3.42. The van der Waals surface area contributed by atoms with Crippen LogP contribution in [0.15, 0.2) is 30.3 Å². The average Bonchev–Trinajstić information content (AvgIpc) is 2.46. The number of nitrogens with two attached hydrogens (primary N) is 1. The Morgan fingerprint density at radius 3 is 2.57 bits per heavy atom. The van der Waals surface area contributed by atoms with Gasteiger partial charge in [-0.05, 0) is 36.8 Å². The molecule has 21 heavy (non-hydrogen) atoms. The first-order valence-corrected chi connectivity index (χ1v) is 7.08. The Balaban J connectivity index is 1.78. The molecule has 110 valence electrons. The second-order valence-corrected chi connectivity index (χ2v) is 5.33. The SMILES string of the molecule is Cc1cc(Cl)ccc1OCc1cc2c(cc1N)OCCO2. The third kappa shape index (κ3) is 3.00. The molecule has 0 aliphatic carbocycles. The highest BCUT2D eigenvalue weighted by molar-refractivity contribution is 6.30. The maximum Gasteiger partial charge on any atom is 0.163 e. The van der Waals surface area contributed by atoms with Crippen LogP contribution < -0.4 is 19.9 Å². The Labute approximate surface area is 128 Å². The fourth-order valence-corrected chi connectivity index (χ4v) is 2.43.